The molecule has 0 saturated carbocycles. The van der Waals surface area contributed by atoms with Crippen LogP contribution >= 0.6 is 11.8 Å². The summed E-state index contributed by atoms with van der Waals surface area (Å²) in [5.41, 5.74) is 10.4. The number of rotatable bonds is 9. The molecule has 0 spiro atoms. The number of nitrogen functional groups attached to an aromatic ring is 1. The molecule has 0 aliphatic carbocycles. The molecule has 3 N–H and O–H groups in total. The van der Waals surface area contributed by atoms with E-state index in [0.717, 1.165) is 82.5 Å². The zero-order valence-electron chi connectivity index (χ0n) is 27.3. The van der Waals surface area contributed by atoms with Crippen molar-refractivity contribution < 1.29 is 19.1 Å². The first kappa shape index (κ1) is 32.0. The van der Waals surface area contributed by atoms with Gasteiger partial charge in [0.2, 0.25) is 11.8 Å². The van der Waals surface area contributed by atoms with E-state index >= 15 is 0 Å². The summed E-state index contributed by atoms with van der Waals surface area (Å²) < 4.78 is 8.01. The van der Waals surface area contributed by atoms with Crippen LogP contribution in [0, 0.1) is 0 Å². The number of fused-ring (bicyclic) bond motifs is 2. The summed E-state index contributed by atoms with van der Waals surface area (Å²) in [6, 6.07) is 22.9. The number of aromatic nitrogens is 4. The maximum Gasteiger partial charge on any atom is 0.255 e. The Hall–Kier alpha value is -5.27. The predicted octanol–water partition coefficient (Wildman–Crippen LogP) is 5.06. The molecule has 1 unspecified atom stereocenters. The third kappa shape index (κ3) is 6.18. The molecule has 5 heterocycles. The number of anilines is 1. The van der Waals surface area contributed by atoms with Gasteiger partial charge < -0.3 is 20.3 Å². The van der Waals surface area contributed by atoms with Gasteiger partial charge in [-0.1, -0.05) is 24.3 Å². The third-order valence-corrected chi connectivity index (χ3v) is 10.8. The molecule has 2 fully saturated rings. The Kier molecular flexibility index (Phi) is 8.67. The molecule has 0 radical (unpaired) electrons. The largest absolute Gasteiger partial charge is 0.457 e. The van der Waals surface area contributed by atoms with Crippen LogP contribution in [0.5, 0.6) is 11.5 Å². The van der Waals surface area contributed by atoms with E-state index in [2.05, 4.69) is 26.3 Å². The fourth-order valence-corrected chi connectivity index (χ4v) is 8.22. The minimum absolute atomic E-state index is 0.144. The molecule has 2 saturated heterocycles. The number of likely N-dealkylation sites (tertiary alicyclic amines) is 1. The van der Waals surface area contributed by atoms with E-state index in [1.807, 2.05) is 71.4 Å². The number of para-hydroxylation sites is 1. The Balaban J connectivity index is 0.903. The number of nitrogens with zero attached hydrogens (tertiary/aromatic N) is 6. The first-order valence-electron chi connectivity index (χ1n) is 16.9. The maximum atomic E-state index is 13.2. The lowest BCUT2D eigenvalue weighted by atomic mass is 10.0. The summed E-state index contributed by atoms with van der Waals surface area (Å²) >= 11 is 1.74. The van der Waals surface area contributed by atoms with Crippen LogP contribution in [0.15, 0.2) is 84.0 Å². The lowest BCUT2D eigenvalue weighted by Crippen LogP contribution is -2.52. The third-order valence-electron chi connectivity index (χ3n) is 9.73. The van der Waals surface area contributed by atoms with Crippen molar-refractivity contribution in [3.63, 3.8) is 0 Å². The monoisotopic (exact) mass is 688 g/mol. The number of piperidine rings is 2. The van der Waals surface area contributed by atoms with Gasteiger partial charge in [0.1, 0.15) is 35.4 Å². The second-order valence-corrected chi connectivity index (χ2v) is 13.9. The van der Waals surface area contributed by atoms with Crippen molar-refractivity contribution in [2.75, 3.05) is 31.1 Å². The molecule has 5 aromatic rings. The average molecular weight is 689 g/mol. The molecule has 3 amide bonds. The van der Waals surface area contributed by atoms with Crippen molar-refractivity contribution >= 4 is 46.3 Å². The van der Waals surface area contributed by atoms with Crippen molar-refractivity contribution in [3.8, 4) is 22.8 Å². The minimum atomic E-state index is -0.613. The average Bonchev–Trinajstić information content (AvgIpc) is 3.69. The number of nitrogens with two attached hydrogens (primary N) is 1. The summed E-state index contributed by atoms with van der Waals surface area (Å²) in [5.74, 6) is 1.97. The van der Waals surface area contributed by atoms with Crippen LogP contribution in [-0.4, -0.2) is 78.7 Å². The van der Waals surface area contributed by atoms with E-state index in [1.165, 1.54) is 6.33 Å². The van der Waals surface area contributed by atoms with E-state index in [0.29, 0.717) is 24.3 Å². The summed E-state index contributed by atoms with van der Waals surface area (Å²) in [4.78, 5) is 51.4. The lowest BCUT2D eigenvalue weighted by molar-refractivity contribution is -0.136. The van der Waals surface area contributed by atoms with Crippen LogP contribution in [-0.2, 0) is 16.1 Å². The van der Waals surface area contributed by atoms with Crippen molar-refractivity contribution in [1.82, 2.24) is 34.9 Å². The summed E-state index contributed by atoms with van der Waals surface area (Å²) in [7, 11) is 0. The van der Waals surface area contributed by atoms with E-state index in [1.54, 1.807) is 16.7 Å². The zero-order chi connectivity index (χ0) is 34.2. The molecule has 1 atom stereocenters. The number of nitrogens with one attached hydrogen (secondary N) is 1. The zero-order valence-corrected chi connectivity index (χ0v) is 28.1. The molecule has 3 aliphatic rings. The van der Waals surface area contributed by atoms with Crippen LogP contribution in [0.2, 0.25) is 0 Å². The number of amides is 3. The topological polar surface area (TPSA) is 149 Å². The van der Waals surface area contributed by atoms with Crippen molar-refractivity contribution in [3.05, 3.63) is 90.3 Å². The van der Waals surface area contributed by atoms with Crippen LogP contribution in [0.1, 0.15) is 47.6 Å². The second kappa shape index (κ2) is 13.6. The fourth-order valence-electron chi connectivity index (χ4n) is 7.12. The molecule has 8 rings (SSSR count). The highest BCUT2D eigenvalue weighted by Crippen LogP contribution is 2.37. The standard InChI is InChI=1S/C37H36N8O4S/c38-34-32-33(23-9-11-26(12-10-23)49-25-5-2-1-3-6-25)42-45(35(32)40-22-39-34)24-15-17-43(18-16-24)19-20-50-30-8-4-7-27-28(30)21-44(37(27)48)29-13-14-31(46)41-36(29)47/h1-12,22,24,29H,13-21H2,(H2,38,39,40)(H,41,46,47). The lowest BCUT2D eigenvalue weighted by Gasteiger charge is -2.32. The Bertz CT molecular complexity index is 2080. The normalized spacial score (nSPS) is 18.4. The van der Waals surface area contributed by atoms with Gasteiger partial charge in [-0.15, -0.1) is 11.8 Å². The molecule has 12 nitrogen and oxygen atoms in total. The van der Waals surface area contributed by atoms with Crippen LogP contribution < -0.4 is 15.8 Å². The SMILES string of the molecule is Nc1ncnc2c1c(-c1ccc(Oc3ccccc3)cc1)nn2C1CCN(CCSc2cccc3c2CN(C2CCC(=O)NC2=O)C3=O)CC1. The van der Waals surface area contributed by atoms with Gasteiger partial charge in [-0.05, 0) is 73.4 Å². The maximum absolute atomic E-state index is 13.2. The Morgan fingerprint density at radius 3 is 2.46 bits per heavy atom. The first-order valence-corrected chi connectivity index (χ1v) is 17.9. The van der Waals surface area contributed by atoms with Gasteiger partial charge in [-0.2, -0.15) is 5.10 Å². The first-order chi connectivity index (χ1) is 24.4. The molecule has 13 heteroatoms. The van der Waals surface area contributed by atoms with Gasteiger partial charge in [-0.25, -0.2) is 14.6 Å². The highest BCUT2D eigenvalue weighted by Gasteiger charge is 2.40. The molecule has 50 heavy (non-hydrogen) atoms. The van der Waals surface area contributed by atoms with Gasteiger partial charge in [0.25, 0.3) is 5.91 Å². The van der Waals surface area contributed by atoms with Gasteiger partial charge in [0.05, 0.1) is 11.4 Å². The number of hydrogen-bond donors (Lipinski definition) is 2. The van der Waals surface area contributed by atoms with Crippen LogP contribution in [0.4, 0.5) is 5.82 Å². The highest BCUT2D eigenvalue weighted by molar-refractivity contribution is 7.99. The van der Waals surface area contributed by atoms with Crippen molar-refractivity contribution in [1.29, 1.82) is 0 Å². The van der Waals surface area contributed by atoms with Gasteiger partial charge in [0, 0.05) is 54.4 Å². The Morgan fingerprint density at radius 2 is 1.68 bits per heavy atom. The van der Waals surface area contributed by atoms with Crippen LogP contribution in [0.25, 0.3) is 22.3 Å². The molecule has 3 aromatic carbocycles. The number of carbonyl (C=O) groups excluding carboxylic acids is 3. The predicted molar refractivity (Wildman–Crippen MR) is 190 cm³/mol. The molecule has 0 bridgehead atoms. The summed E-state index contributed by atoms with van der Waals surface area (Å²) in [6.07, 6.45) is 3.94. The molecular formula is C37H36N8O4S. The van der Waals surface area contributed by atoms with Gasteiger partial charge in [0.15, 0.2) is 5.65 Å². The number of hydrogen-bond acceptors (Lipinski definition) is 10. The minimum Gasteiger partial charge on any atom is -0.457 e. The number of ether oxygens (including phenoxy) is 1. The Morgan fingerprint density at radius 1 is 0.900 bits per heavy atom. The number of imide groups is 1. The molecule has 254 valence electrons. The molecule has 2 aromatic heterocycles. The van der Waals surface area contributed by atoms with Gasteiger partial charge in [-0.3, -0.25) is 19.7 Å². The molecule has 3 aliphatic heterocycles. The highest BCUT2D eigenvalue weighted by atomic mass is 32.2. The van der Waals surface area contributed by atoms with Gasteiger partial charge >= 0.3 is 0 Å². The second-order valence-electron chi connectivity index (χ2n) is 12.8. The number of carbonyl (C=O) groups is 3. The van der Waals surface area contributed by atoms with E-state index in [-0.39, 0.29) is 24.3 Å². The number of thioether (sulfide) groups is 1. The quantitative estimate of drug-likeness (QED) is 0.159. The van der Waals surface area contributed by atoms with E-state index in [4.69, 9.17) is 15.6 Å². The summed E-state index contributed by atoms with van der Waals surface area (Å²) in [5, 5.41) is 8.20. The number of benzene rings is 3. The van der Waals surface area contributed by atoms with Crippen molar-refractivity contribution in [2.24, 2.45) is 0 Å². The van der Waals surface area contributed by atoms with E-state index in [9.17, 15) is 14.4 Å². The van der Waals surface area contributed by atoms with Crippen molar-refractivity contribution in [2.45, 2.75) is 49.2 Å². The fraction of sp³-hybridized carbons (Fsp3) is 0.297. The smallest absolute Gasteiger partial charge is 0.255 e. The molecular weight excluding hydrogens is 653 g/mol. The van der Waals surface area contributed by atoms with E-state index < -0.39 is 11.9 Å². The Labute approximate surface area is 293 Å². The summed E-state index contributed by atoms with van der Waals surface area (Å²) in [6.45, 7) is 3.13. The van der Waals surface area contributed by atoms with Crippen LogP contribution in [0.3, 0.4) is 0 Å².